The fourth-order valence-corrected chi connectivity index (χ4v) is 2.49. The number of hydrogen-bond acceptors (Lipinski definition) is 11. The molecule has 198 valence electrons. The summed E-state index contributed by atoms with van der Waals surface area (Å²) in [5.41, 5.74) is -1.07. The van der Waals surface area contributed by atoms with Crippen molar-refractivity contribution in [3.63, 3.8) is 0 Å². The van der Waals surface area contributed by atoms with E-state index in [4.69, 9.17) is 23.7 Å². The first-order chi connectivity index (χ1) is 16.6. The van der Waals surface area contributed by atoms with E-state index in [9.17, 15) is 25.0 Å². The van der Waals surface area contributed by atoms with Crippen molar-refractivity contribution in [3.05, 3.63) is 38.4 Å². The lowest BCUT2D eigenvalue weighted by molar-refractivity contribution is -0.393. The monoisotopic (exact) mass is 502 g/mol. The number of amides is 1. The Morgan fingerprint density at radius 1 is 0.829 bits per heavy atom. The van der Waals surface area contributed by atoms with Gasteiger partial charge in [-0.2, -0.15) is 0 Å². The third-order valence-corrected chi connectivity index (χ3v) is 3.98. The van der Waals surface area contributed by atoms with Gasteiger partial charge in [0.2, 0.25) is 0 Å². The third-order valence-electron chi connectivity index (χ3n) is 3.98. The van der Waals surface area contributed by atoms with E-state index in [0.29, 0.717) is 52.8 Å². The van der Waals surface area contributed by atoms with Gasteiger partial charge in [0.25, 0.3) is 11.4 Å². The normalized spacial score (nSPS) is 11.2. The third kappa shape index (κ3) is 14.7. The first kappa shape index (κ1) is 30.0. The molecule has 1 amide bonds. The summed E-state index contributed by atoms with van der Waals surface area (Å²) in [5.74, 6) is 0. The maximum Gasteiger partial charge on any atom is 0.407 e. The molecule has 1 rings (SSSR count). The summed E-state index contributed by atoms with van der Waals surface area (Å²) in [6.45, 7) is 8.87. The maximum atomic E-state index is 11.4. The number of nitro benzene ring substituents is 2. The van der Waals surface area contributed by atoms with E-state index in [1.807, 2.05) is 0 Å². The second kappa shape index (κ2) is 16.5. The predicted octanol–water partition coefficient (Wildman–Crippen LogP) is 2.51. The molecular formula is C21H34N4O10. The zero-order valence-electron chi connectivity index (χ0n) is 20.3. The Hall–Kier alpha value is -3.07. The Labute approximate surface area is 203 Å². The Bertz CT molecular complexity index is 801. The second-order valence-corrected chi connectivity index (χ2v) is 8.02. The van der Waals surface area contributed by atoms with Crippen LogP contribution in [-0.2, 0) is 23.7 Å². The Kier molecular flexibility index (Phi) is 14.2. The topological polar surface area (TPSA) is 174 Å². The zero-order chi connectivity index (χ0) is 26.1. The van der Waals surface area contributed by atoms with Crippen LogP contribution in [0.3, 0.4) is 0 Å². The molecule has 0 aromatic heterocycles. The molecule has 0 atom stereocenters. The minimum absolute atomic E-state index is 0.181. The SMILES string of the molecule is CC(C)(C)OC(=O)NCCOCCOCCOCCOCCNc1ccc([N+](=O)[O-])cc1[N+](=O)[O-]. The van der Waals surface area contributed by atoms with Gasteiger partial charge in [-0.05, 0) is 26.8 Å². The van der Waals surface area contributed by atoms with Gasteiger partial charge in [0.1, 0.15) is 11.3 Å². The number of anilines is 1. The second-order valence-electron chi connectivity index (χ2n) is 8.02. The van der Waals surface area contributed by atoms with Crippen molar-refractivity contribution < 1.29 is 38.3 Å². The number of carbonyl (C=O) groups excluding carboxylic acids is 1. The molecule has 1 aromatic rings. The number of hydrogen-bond donors (Lipinski definition) is 2. The summed E-state index contributed by atoms with van der Waals surface area (Å²) in [4.78, 5) is 31.9. The summed E-state index contributed by atoms with van der Waals surface area (Å²) in [5, 5.41) is 27.2. The number of nitro groups is 2. The van der Waals surface area contributed by atoms with Gasteiger partial charge in [-0.3, -0.25) is 20.2 Å². The quantitative estimate of drug-likeness (QED) is 0.171. The van der Waals surface area contributed by atoms with Crippen molar-refractivity contribution in [1.29, 1.82) is 0 Å². The van der Waals surface area contributed by atoms with Crippen molar-refractivity contribution in [3.8, 4) is 0 Å². The first-order valence-electron chi connectivity index (χ1n) is 11.0. The zero-order valence-corrected chi connectivity index (χ0v) is 20.3. The molecule has 0 fully saturated rings. The van der Waals surface area contributed by atoms with Crippen LogP contribution in [0.25, 0.3) is 0 Å². The fourth-order valence-electron chi connectivity index (χ4n) is 2.49. The number of alkyl carbamates (subject to hydrolysis) is 1. The van der Waals surface area contributed by atoms with Gasteiger partial charge in [-0.25, -0.2) is 4.79 Å². The summed E-state index contributed by atoms with van der Waals surface area (Å²) in [6, 6.07) is 3.41. The predicted molar refractivity (Wildman–Crippen MR) is 126 cm³/mol. The minimum atomic E-state index is -0.687. The van der Waals surface area contributed by atoms with Crippen LogP contribution < -0.4 is 10.6 Å². The largest absolute Gasteiger partial charge is 0.444 e. The van der Waals surface area contributed by atoms with E-state index in [0.717, 1.165) is 6.07 Å². The highest BCUT2D eigenvalue weighted by atomic mass is 16.6. The van der Waals surface area contributed by atoms with Crippen molar-refractivity contribution in [2.45, 2.75) is 26.4 Å². The highest BCUT2D eigenvalue weighted by molar-refractivity contribution is 5.67. The van der Waals surface area contributed by atoms with Crippen LogP contribution in [0, 0.1) is 20.2 Å². The van der Waals surface area contributed by atoms with Gasteiger partial charge in [0, 0.05) is 19.2 Å². The molecule has 0 aliphatic heterocycles. The van der Waals surface area contributed by atoms with Gasteiger partial charge in [-0.15, -0.1) is 0 Å². The van der Waals surface area contributed by atoms with Crippen LogP contribution in [0.15, 0.2) is 18.2 Å². The van der Waals surface area contributed by atoms with Crippen LogP contribution in [0.4, 0.5) is 21.9 Å². The first-order valence-corrected chi connectivity index (χ1v) is 11.0. The van der Waals surface area contributed by atoms with Crippen LogP contribution in [0.2, 0.25) is 0 Å². The van der Waals surface area contributed by atoms with Gasteiger partial charge in [0.15, 0.2) is 0 Å². The standard InChI is InChI=1S/C21H34N4O10/c1-21(2,3)35-20(26)23-7-9-32-11-13-34-15-14-33-12-10-31-8-6-22-18-5-4-17(24(27)28)16-19(18)25(29)30/h4-5,16,22H,6-15H2,1-3H3,(H,23,26). The summed E-state index contributed by atoms with van der Waals surface area (Å²) in [7, 11) is 0. The number of nitrogens with one attached hydrogen (secondary N) is 2. The minimum Gasteiger partial charge on any atom is -0.444 e. The van der Waals surface area contributed by atoms with Crippen molar-refractivity contribution >= 4 is 23.2 Å². The molecule has 0 saturated heterocycles. The smallest absolute Gasteiger partial charge is 0.407 e. The molecule has 14 nitrogen and oxygen atoms in total. The van der Waals surface area contributed by atoms with Crippen molar-refractivity contribution in [2.24, 2.45) is 0 Å². The highest BCUT2D eigenvalue weighted by Gasteiger charge is 2.19. The molecule has 0 spiro atoms. The van der Waals surface area contributed by atoms with E-state index in [2.05, 4.69) is 10.6 Å². The van der Waals surface area contributed by atoms with E-state index < -0.39 is 21.5 Å². The maximum absolute atomic E-state index is 11.4. The van der Waals surface area contributed by atoms with Crippen LogP contribution in [-0.4, -0.2) is 87.5 Å². The number of benzene rings is 1. The molecule has 0 aliphatic rings. The van der Waals surface area contributed by atoms with E-state index >= 15 is 0 Å². The lowest BCUT2D eigenvalue weighted by Gasteiger charge is -2.19. The highest BCUT2D eigenvalue weighted by Crippen LogP contribution is 2.28. The Balaban J connectivity index is 1.95. The molecule has 2 N–H and O–H groups in total. The number of nitrogens with zero attached hydrogens (tertiary/aromatic N) is 2. The van der Waals surface area contributed by atoms with E-state index in [-0.39, 0.29) is 30.2 Å². The van der Waals surface area contributed by atoms with Crippen LogP contribution in [0.5, 0.6) is 0 Å². The molecule has 1 aromatic carbocycles. The van der Waals surface area contributed by atoms with Gasteiger partial charge < -0.3 is 34.3 Å². The molecule has 0 radical (unpaired) electrons. The van der Waals surface area contributed by atoms with E-state index in [1.165, 1.54) is 12.1 Å². The fraction of sp³-hybridized carbons (Fsp3) is 0.667. The summed E-state index contributed by atoms with van der Waals surface area (Å²) >= 11 is 0. The molecular weight excluding hydrogens is 468 g/mol. The lowest BCUT2D eigenvalue weighted by atomic mass is 10.2. The molecule has 35 heavy (non-hydrogen) atoms. The van der Waals surface area contributed by atoms with Crippen LogP contribution >= 0.6 is 0 Å². The van der Waals surface area contributed by atoms with Crippen molar-refractivity contribution in [2.75, 3.05) is 71.3 Å². The molecule has 0 saturated carbocycles. The molecule has 0 heterocycles. The molecule has 0 unspecified atom stereocenters. The molecule has 0 bridgehead atoms. The summed E-state index contributed by atoms with van der Waals surface area (Å²) in [6.07, 6.45) is -0.483. The van der Waals surface area contributed by atoms with Crippen LogP contribution in [0.1, 0.15) is 20.8 Å². The number of rotatable bonds is 18. The number of carbonyl (C=O) groups is 1. The average molecular weight is 503 g/mol. The number of ether oxygens (including phenoxy) is 5. The van der Waals surface area contributed by atoms with Gasteiger partial charge in [-0.1, -0.05) is 0 Å². The van der Waals surface area contributed by atoms with Crippen molar-refractivity contribution in [1.82, 2.24) is 5.32 Å². The average Bonchev–Trinajstić information content (AvgIpc) is 2.77. The number of non-ortho nitro benzene ring substituents is 1. The molecule has 0 aliphatic carbocycles. The van der Waals surface area contributed by atoms with Gasteiger partial charge >= 0.3 is 6.09 Å². The summed E-state index contributed by atoms with van der Waals surface area (Å²) < 4.78 is 26.5. The Morgan fingerprint density at radius 3 is 1.83 bits per heavy atom. The van der Waals surface area contributed by atoms with Gasteiger partial charge in [0.05, 0.1) is 68.8 Å². The lowest BCUT2D eigenvalue weighted by Crippen LogP contribution is -2.34. The van der Waals surface area contributed by atoms with E-state index in [1.54, 1.807) is 20.8 Å². The molecule has 14 heteroatoms. The Morgan fingerprint density at radius 2 is 1.34 bits per heavy atom.